The predicted molar refractivity (Wildman–Crippen MR) is 218 cm³/mol. The van der Waals surface area contributed by atoms with Gasteiger partial charge in [0.1, 0.15) is 17.2 Å². The molecule has 0 aliphatic heterocycles. The van der Waals surface area contributed by atoms with Crippen molar-refractivity contribution in [2.75, 3.05) is 0 Å². The summed E-state index contributed by atoms with van der Waals surface area (Å²) in [6.07, 6.45) is 2.68. The summed E-state index contributed by atoms with van der Waals surface area (Å²) in [4.78, 5) is 0. The molecule has 0 bridgehead atoms. The largest absolute Gasteiger partial charge is 0.507 e. The molecular weight excluding hydrogens is 625 g/mol. The number of phenols is 3. The normalized spacial score (nSPS) is 11.6. The first-order valence-electron chi connectivity index (χ1n) is 17.8. The molecule has 0 spiro atoms. The van der Waals surface area contributed by atoms with Gasteiger partial charge in [0, 0.05) is 5.56 Å². The van der Waals surface area contributed by atoms with Crippen molar-refractivity contribution in [1.29, 1.82) is 0 Å². The van der Waals surface area contributed by atoms with Gasteiger partial charge in [-0.15, -0.1) is 0 Å². The van der Waals surface area contributed by atoms with Crippen LogP contribution < -0.4 is 0 Å². The van der Waals surface area contributed by atoms with E-state index in [9.17, 15) is 15.3 Å². The van der Waals surface area contributed by atoms with Gasteiger partial charge in [-0.3, -0.25) is 0 Å². The van der Waals surface area contributed by atoms with Gasteiger partial charge < -0.3 is 15.3 Å². The van der Waals surface area contributed by atoms with E-state index >= 15 is 0 Å². The molecule has 3 nitrogen and oxygen atoms in total. The molecule has 0 atom stereocenters. The van der Waals surface area contributed by atoms with E-state index in [2.05, 4.69) is 94.9 Å². The van der Waals surface area contributed by atoms with Gasteiger partial charge in [0.25, 0.3) is 0 Å². The summed E-state index contributed by atoms with van der Waals surface area (Å²) < 4.78 is 0. The van der Waals surface area contributed by atoms with Crippen molar-refractivity contribution in [3.63, 3.8) is 0 Å². The molecule has 0 unspecified atom stereocenters. The molecule has 0 aliphatic rings. The van der Waals surface area contributed by atoms with E-state index in [0.717, 1.165) is 122 Å². The highest BCUT2D eigenvalue weighted by Crippen LogP contribution is 2.56. The summed E-state index contributed by atoms with van der Waals surface area (Å²) in [5, 5.41) is 42.1. The van der Waals surface area contributed by atoms with Crippen molar-refractivity contribution < 1.29 is 15.3 Å². The van der Waals surface area contributed by atoms with E-state index < -0.39 is 0 Å². The van der Waals surface area contributed by atoms with Crippen LogP contribution in [0.25, 0.3) is 71.8 Å². The minimum atomic E-state index is 0.0610. The molecule has 0 aromatic heterocycles. The first-order chi connectivity index (χ1) is 24.4. The third kappa shape index (κ3) is 4.71. The summed E-state index contributed by atoms with van der Waals surface area (Å²) in [5.74, 6) is 0.348. The number of phenolic OH excluding ortho intramolecular Hbond substituents is 3. The van der Waals surface area contributed by atoms with Crippen molar-refractivity contribution >= 4 is 38.4 Å². The van der Waals surface area contributed by atoms with Crippen molar-refractivity contribution in [3.8, 4) is 50.6 Å². The van der Waals surface area contributed by atoms with Gasteiger partial charge in [0.2, 0.25) is 0 Å². The highest BCUT2D eigenvalue weighted by molar-refractivity contribution is 6.28. The Hall–Kier alpha value is -5.54. The molecule has 0 aliphatic carbocycles. The second-order valence-corrected chi connectivity index (χ2v) is 14.2. The van der Waals surface area contributed by atoms with Crippen LogP contribution >= 0.6 is 0 Å². The highest BCUT2D eigenvalue weighted by atomic mass is 16.3. The van der Waals surface area contributed by atoms with Crippen LogP contribution in [-0.2, 0) is 6.42 Å². The monoisotopic (exact) mass is 670 g/mol. The summed E-state index contributed by atoms with van der Waals surface area (Å²) in [6.45, 7) is 22.5. The highest BCUT2D eigenvalue weighted by Gasteiger charge is 2.31. The minimum Gasteiger partial charge on any atom is -0.507 e. The molecule has 0 heterocycles. The molecule has 0 saturated carbocycles. The lowest BCUT2D eigenvalue weighted by Gasteiger charge is -2.29. The fraction of sp³-hybridized carbons (Fsp3) is 0.208. The van der Waals surface area contributed by atoms with Crippen LogP contribution in [0.2, 0.25) is 0 Å². The summed E-state index contributed by atoms with van der Waals surface area (Å²) in [6, 6.07) is 23.6. The van der Waals surface area contributed by atoms with E-state index in [1.165, 1.54) is 0 Å². The second kappa shape index (κ2) is 12.3. The maximum Gasteiger partial charge on any atom is 0.130 e. The van der Waals surface area contributed by atoms with Crippen LogP contribution in [0.5, 0.6) is 17.2 Å². The number of aryl methyl sites for hydroxylation is 4. The Morgan fingerprint density at radius 2 is 0.980 bits per heavy atom. The van der Waals surface area contributed by atoms with Crippen molar-refractivity contribution in [3.05, 3.63) is 129 Å². The molecule has 51 heavy (non-hydrogen) atoms. The Morgan fingerprint density at radius 3 is 1.57 bits per heavy atom. The number of aromatic hydroxyl groups is 3. The molecule has 0 amide bonds. The number of benzene rings is 7. The zero-order valence-corrected chi connectivity index (χ0v) is 31.2. The molecule has 0 saturated heterocycles. The lowest BCUT2D eigenvalue weighted by molar-refractivity contribution is 0.448. The van der Waals surface area contributed by atoms with Gasteiger partial charge in [-0.25, -0.2) is 0 Å². The zero-order chi connectivity index (χ0) is 36.6. The summed E-state index contributed by atoms with van der Waals surface area (Å²) >= 11 is 0. The molecule has 256 valence electrons. The average molecular weight is 671 g/mol. The van der Waals surface area contributed by atoms with Crippen LogP contribution in [0.3, 0.4) is 0 Å². The standard InChI is InChI=1S/C48H46O3/c1-11-33-29(8)34(12-2)42-40(30(33)9)43(38-23-22-35(32-18-14-13-15-19-32)36-20-16-17-21-37(36)38)39-25(4)28(7)46(49)31(10)41(39)44(42)45-47(50)26(5)24(3)27(6)48(45)51/h11,13-23,49-51H,1,12H2,2-10H3. The van der Waals surface area contributed by atoms with Crippen LogP contribution in [0, 0.1) is 55.4 Å². The van der Waals surface area contributed by atoms with Gasteiger partial charge in [-0.1, -0.05) is 86.3 Å². The molecule has 7 rings (SSSR count). The SMILES string of the molecule is C=Cc1c(C)c(CC)c2c(-c3c(O)c(C)c(C)c(C)c3O)c3c(C)c(O)c(C)c(C)c3c(-c3ccc(-c4ccccc4)c4ccccc34)c2c1C. The van der Waals surface area contributed by atoms with E-state index in [-0.39, 0.29) is 17.2 Å². The third-order valence-electron chi connectivity index (χ3n) is 11.9. The average Bonchev–Trinajstić information content (AvgIpc) is 3.14. The lowest BCUT2D eigenvalue weighted by atomic mass is 9.75. The Balaban J connectivity index is 1.87. The fourth-order valence-electron chi connectivity index (χ4n) is 8.72. The number of hydrogen-bond donors (Lipinski definition) is 3. The molecule has 0 fully saturated rings. The maximum absolute atomic E-state index is 12.1. The Kier molecular flexibility index (Phi) is 8.22. The van der Waals surface area contributed by atoms with Gasteiger partial charge in [-0.05, 0) is 172 Å². The van der Waals surface area contributed by atoms with E-state index in [1.54, 1.807) is 0 Å². The lowest BCUT2D eigenvalue weighted by Crippen LogP contribution is -2.05. The second-order valence-electron chi connectivity index (χ2n) is 14.2. The number of rotatable bonds is 5. The van der Waals surface area contributed by atoms with E-state index in [1.807, 2.05) is 46.8 Å². The van der Waals surface area contributed by atoms with Gasteiger partial charge in [0.15, 0.2) is 0 Å². The van der Waals surface area contributed by atoms with Crippen LogP contribution in [0.4, 0.5) is 0 Å². The van der Waals surface area contributed by atoms with Crippen LogP contribution in [0.15, 0.2) is 73.3 Å². The predicted octanol–water partition coefficient (Wildman–Crippen LogP) is 12.9. The Morgan fingerprint density at radius 1 is 0.471 bits per heavy atom. The Bertz CT molecular complexity index is 2590. The zero-order valence-electron chi connectivity index (χ0n) is 31.2. The van der Waals surface area contributed by atoms with Crippen molar-refractivity contribution in [2.24, 2.45) is 0 Å². The fourth-order valence-corrected chi connectivity index (χ4v) is 8.72. The van der Waals surface area contributed by atoms with E-state index in [4.69, 9.17) is 0 Å². The molecule has 7 aromatic rings. The number of fused-ring (bicyclic) bond motifs is 3. The van der Waals surface area contributed by atoms with Crippen molar-refractivity contribution in [2.45, 2.75) is 68.7 Å². The van der Waals surface area contributed by atoms with E-state index in [0.29, 0.717) is 5.56 Å². The topological polar surface area (TPSA) is 60.7 Å². The van der Waals surface area contributed by atoms with Crippen molar-refractivity contribution in [1.82, 2.24) is 0 Å². The summed E-state index contributed by atoms with van der Waals surface area (Å²) in [5.41, 5.74) is 14.9. The molecule has 3 heteroatoms. The molecule has 0 radical (unpaired) electrons. The number of hydrogen-bond acceptors (Lipinski definition) is 3. The first-order valence-corrected chi connectivity index (χ1v) is 17.8. The quantitative estimate of drug-likeness (QED) is 0.160. The molecule has 3 N–H and O–H groups in total. The van der Waals surface area contributed by atoms with Gasteiger partial charge in [-0.2, -0.15) is 0 Å². The molecular formula is C48H46O3. The van der Waals surface area contributed by atoms with Crippen LogP contribution in [-0.4, -0.2) is 15.3 Å². The Labute approximate surface area is 301 Å². The third-order valence-corrected chi connectivity index (χ3v) is 11.9. The van der Waals surface area contributed by atoms with Crippen LogP contribution in [0.1, 0.15) is 62.6 Å². The first kappa shape index (κ1) is 33.9. The smallest absolute Gasteiger partial charge is 0.130 e. The minimum absolute atomic E-state index is 0.0610. The van der Waals surface area contributed by atoms with Gasteiger partial charge >= 0.3 is 0 Å². The maximum atomic E-state index is 12.1. The summed E-state index contributed by atoms with van der Waals surface area (Å²) in [7, 11) is 0. The van der Waals surface area contributed by atoms with Gasteiger partial charge in [0.05, 0.1) is 5.56 Å². The molecule has 7 aromatic carbocycles.